The zero-order chi connectivity index (χ0) is 19.1. The molecule has 25 heavy (non-hydrogen) atoms. The van der Waals surface area contributed by atoms with Gasteiger partial charge >= 0.3 is 18.0 Å². The normalized spacial score (nSPS) is 18.4. The highest BCUT2D eigenvalue weighted by Crippen LogP contribution is 2.26. The van der Waals surface area contributed by atoms with Gasteiger partial charge in [0.05, 0.1) is 0 Å². The summed E-state index contributed by atoms with van der Waals surface area (Å²) in [6.45, 7) is 5.60. The lowest BCUT2D eigenvalue weighted by Gasteiger charge is -2.32. The van der Waals surface area contributed by atoms with E-state index in [0.29, 0.717) is 13.0 Å². The number of rotatable bonds is 8. The van der Waals surface area contributed by atoms with Crippen LogP contribution < -0.4 is 5.32 Å². The summed E-state index contributed by atoms with van der Waals surface area (Å²) < 4.78 is 15.7. The largest absolute Gasteiger partial charge is 0.479 e. The lowest BCUT2D eigenvalue weighted by atomic mass is 9.97. The Morgan fingerprint density at radius 1 is 1.16 bits per heavy atom. The predicted molar refractivity (Wildman–Crippen MR) is 86.1 cm³/mol. The second-order valence-electron chi connectivity index (χ2n) is 6.88. The van der Waals surface area contributed by atoms with E-state index in [0.717, 1.165) is 12.8 Å². The summed E-state index contributed by atoms with van der Waals surface area (Å²) in [5.74, 6) is -3.18. The summed E-state index contributed by atoms with van der Waals surface area (Å²) in [5.41, 5.74) is -3.06. The molecule has 0 aromatic rings. The molecule has 0 spiro atoms. The minimum atomic E-state index is -2.41. The fourth-order valence-electron chi connectivity index (χ4n) is 2.34. The van der Waals surface area contributed by atoms with Crippen LogP contribution in [0, 0.1) is 0 Å². The van der Waals surface area contributed by atoms with E-state index in [-0.39, 0.29) is 19.4 Å². The Kier molecular flexibility index (Phi) is 7.62. The molecule has 1 heterocycles. The minimum Gasteiger partial charge on any atom is -0.479 e. The Hall–Kier alpha value is -1.87. The van der Waals surface area contributed by atoms with Crippen molar-refractivity contribution in [3.63, 3.8) is 0 Å². The van der Waals surface area contributed by atoms with E-state index in [4.69, 9.17) is 14.2 Å². The number of amides is 1. The second-order valence-corrected chi connectivity index (χ2v) is 6.88. The molecule has 0 aromatic heterocycles. The SMILES string of the molecule is CC(C)(C)OC(=O)NCCCC(OC1CCCCO1)(C(=O)O)C(=O)O. The van der Waals surface area contributed by atoms with Crippen molar-refractivity contribution in [2.45, 2.75) is 70.4 Å². The number of hydrogen-bond donors (Lipinski definition) is 3. The maximum absolute atomic E-state index is 11.6. The first kappa shape index (κ1) is 21.2. The zero-order valence-corrected chi connectivity index (χ0v) is 14.9. The highest BCUT2D eigenvalue weighted by atomic mass is 16.7. The third-order valence-corrected chi connectivity index (χ3v) is 3.54. The Labute approximate surface area is 146 Å². The first-order chi connectivity index (χ1) is 11.6. The van der Waals surface area contributed by atoms with Gasteiger partial charge in [-0.2, -0.15) is 0 Å². The molecule has 144 valence electrons. The Bertz CT molecular complexity index is 465. The lowest BCUT2D eigenvalue weighted by Crippen LogP contribution is -2.52. The van der Waals surface area contributed by atoms with Crippen molar-refractivity contribution >= 4 is 18.0 Å². The first-order valence-electron chi connectivity index (χ1n) is 8.30. The van der Waals surface area contributed by atoms with Crippen molar-refractivity contribution in [3.8, 4) is 0 Å². The standard InChI is InChI=1S/C16H27NO8/c1-15(2,3)25-14(22)17-9-6-8-16(12(18)19,13(20)21)24-11-7-4-5-10-23-11/h11H,4-10H2,1-3H3,(H,17,22)(H,18,19)(H,20,21). The van der Waals surface area contributed by atoms with Crippen molar-refractivity contribution in [2.24, 2.45) is 0 Å². The van der Waals surface area contributed by atoms with E-state index in [1.54, 1.807) is 20.8 Å². The molecule has 0 radical (unpaired) electrons. The van der Waals surface area contributed by atoms with Crippen LogP contribution in [0.4, 0.5) is 4.79 Å². The van der Waals surface area contributed by atoms with Crippen LogP contribution in [0.3, 0.4) is 0 Å². The van der Waals surface area contributed by atoms with Crippen LogP contribution >= 0.6 is 0 Å². The zero-order valence-electron chi connectivity index (χ0n) is 14.9. The van der Waals surface area contributed by atoms with Crippen molar-refractivity contribution in [1.29, 1.82) is 0 Å². The van der Waals surface area contributed by atoms with E-state index in [1.165, 1.54) is 0 Å². The van der Waals surface area contributed by atoms with Gasteiger partial charge in [-0.15, -0.1) is 0 Å². The molecule has 1 saturated heterocycles. The summed E-state index contributed by atoms with van der Waals surface area (Å²) in [7, 11) is 0. The van der Waals surface area contributed by atoms with Crippen LogP contribution in [0.2, 0.25) is 0 Å². The van der Waals surface area contributed by atoms with Gasteiger partial charge in [0, 0.05) is 19.6 Å². The molecular weight excluding hydrogens is 334 g/mol. The molecule has 1 amide bonds. The number of ether oxygens (including phenoxy) is 3. The van der Waals surface area contributed by atoms with Crippen LogP contribution in [-0.2, 0) is 23.8 Å². The highest BCUT2D eigenvalue weighted by Gasteiger charge is 2.49. The summed E-state index contributed by atoms with van der Waals surface area (Å²) in [6.07, 6.45) is 0.309. The van der Waals surface area contributed by atoms with E-state index in [9.17, 15) is 24.6 Å². The summed E-state index contributed by atoms with van der Waals surface area (Å²) in [4.78, 5) is 34.7. The number of carbonyl (C=O) groups excluding carboxylic acids is 1. The third kappa shape index (κ3) is 6.87. The van der Waals surface area contributed by atoms with Crippen molar-refractivity contribution < 1.29 is 38.8 Å². The topological polar surface area (TPSA) is 131 Å². The maximum Gasteiger partial charge on any atom is 0.407 e. The molecule has 0 saturated carbocycles. The molecule has 3 N–H and O–H groups in total. The van der Waals surface area contributed by atoms with Crippen LogP contribution in [0.15, 0.2) is 0 Å². The van der Waals surface area contributed by atoms with E-state index in [1.807, 2.05) is 0 Å². The maximum atomic E-state index is 11.6. The van der Waals surface area contributed by atoms with Gasteiger partial charge < -0.3 is 29.7 Å². The van der Waals surface area contributed by atoms with Gasteiger partial charge in [-0.1, -0.05) is 0 Å². The average Bonchev–Trinajstić information content (AvgIpc) is 2.49. The van der Waals surface area contributed by atoms with Gasteiger partial charge in [0.1, 0.15) is 5.60 Å². The van der Waals surface area contributed by atoms with Crippen molar-refractivity contribution in [3.05, 3.63) is 0 Å². The van der Waals surface area contributed by atoms with E-state index < -0.39 is 35.5 Å². The van der Waals surface area contributed by atoms with Crippen LogP contribution in [0.1, 0.15) is 52.9 Å². The summed E-state index contributed by atoms with van der Waals surface area (Å²) in [5, 5.41) is 21.3. The van der Waals surface area contributed by atoms with Gasteiger partial charge in [-0.3, -0.25) is 0 Å². The van der Waals surface area contributed by atoms with Crippen molar-refractivity contribution in [2.75, 3.05) is 13.2 Å². The van der Waals surface area contributed by atoms with Crippen molar-refractivity contribution in [1.82, 2.24) is 5.32 Å². The Morgan fingerprint density at radius 2 is 1.80 bits per heavy atom. The van der Waals surface area contributed by atoms with Gasteiger partial charge in [-0.05, 0) is 46.5 Å². The molecule has 1 fully saturated rings. The van der Waals surface area contributed by atoms with Gasteiger partial charge in [0.2, 0.25) is 0 Å². The quantitative estimate of drug-likeness (QED) is 0.440. The Morgan fingerprint density at radius 3 is 2.28 bits per heavy atom. The average molecular weight is 361 g/mol. The smallest absolute Gasteiger partial charge is 0.407 e. The Balaban J connectivity index is 2.60. The number of carbonyl (C=O) groups is 3. The van der Waals surface area contributed by atoms with Gasteiger partial charge in [0.25, 0.3) is 5.60 Å². The van der Waals surface area contributed by atoms with E-state index >= 15 is 0 Å². The molecule has 1 unspecified atom stereocenters. The number of alkyl carbamates (subject to hydrolysis) is 1. The molecule has 0 aliphatic carbocycles. The molecule has 9 nitrogen and oxygen atoms in total. The first-order valence-corrected chi connectivity index (χ1v) is 8.30. The predicted octanol–water partition coefficient (Wildman–Crippen LogP) is 1.74. The van der Waals surface area contributed by atoms with E-state index in [2.05, 4.69) is 5.32 Å². The van der Waals surface area contributed by atoms with Gasteiger partial charge in [0.15, 0.2) is 6.29 Å². The number of hydrogen-bond acceptors (Lipinski definition) is 6. The fourth-order valence-corrected chi connectivity index (χ4v) is 2.34. The molecule has 1 rings (SSSR count). The van der Waals surface area contributed by atoms with Crippen LogP contribution in [-0.4, -0.2) is 58.9 Å². The molecule has 1 atom stereocenters. The molecule has 9 heteroatoms. The minimum absolute atomic E-state index is 0.0616. The number of nitrogens with one attached hydrogen (secondary N) is 1. The second kappa shape index (κ2) is 9.00. The third-order valence-electron chi connectivity index (χ3n) is 3.54. The number of aliphatic carboxylic acids is 2. The number of carboxylic acids is 2. The molecular formula is C16H27NO8. The highest BCUT2D eigenvalue weighted by molar-refractivity contribution is 6.01. The fraction of sp³-hybridized carbons (Fsp3) is 0.812. The monoisotopic (exact) mass is 361 g/mol. The summed E-state index contributed by atoms with van der Waals surface area (Å²) in [6, 6.07) is 0. The van der Waals surface area contributed by atoms with Crippen LogP contribution in [0.5, 0.6) is 0 Å². The molecule has 0 aromatic carbocycles. The lowest BCUT2D eigenvalue weighted by molar-refractivity contribution is -0.237. The molecule has 1 aliphatic rings. The van der Waals surface area contributed by atoms with Gasteiger partial charge in [-0.25, -0.2) is 14.4 Å². The summed E-state index contributed by atoms with van der Waals surface area (Å²) >= 11 is 0. The molecule has 1 aliphatic heterocycles. The van der Waals surface area contributed by atoms with Crippen LogP contribution in [0.25, 0.3) is 0 Å². The number of carboxylic acid groups (broad SMARTS) is 2. The molecule has 0 bridgehead atoms.